The van der Waals surface area contributed by atoms with Crippen molar-refractivity contribution >= 4 is 40.3 Å². The van der Waals surface area contributed by atoms with Crippen molar-refractivity contribution in [1.82, 2.24) is 4.98 Å². The molecule has 3 N–H and O–H groups in total. The van der Waals surface area contributed by atoms with E-state index in [0.717, 1.165) is 22.3 Å². The van der Waals surface area contributed by atoms with Gasteiger partial charge in [0.05, 0.1) is 0 Å². The van der Waals surface area contributed by atoms with E-state index in [0.29, 0.717) is 30.6 Å². The summed E-state index contributed by atoms with van der Waals surface area (Å²) in [6.07, 6.45) is 2.48. The molecule has 2 aromatic carbocycles. The molecule has 34 heavy (non-hydrogen) atoms. The van der Waals surface area contributed by atoms with Gasteiger partial charge in [0.15, 0.2) is 0 Å². The summed E-state index contributed by atoms with van der Waals surface area (Å²) in [6, 6.07) is 19.2. The number of aryl methyl sites for hydroxylation is 2. The number of rotatable bonds is 6. The number of hydrogen-bond acceptors (Lipinski definition) is 6. The molecular formula is C24H24ClN5O3S. The number of carbonyl (C=O) groups is 1. The molecule has 1 unspecified atom stereocenters. The predicted molar refractivity (Wildman–Crippen MR) is 134 cm³/mol. The van der Waals surface area contributed by atoms with Crippen molar-refractivity contribution in [2.75, 3.05) is 4.90 Å². The predicted octanol–water partition coefficient (Wildman–Crippen LogP) is 3.76. The number of nitrogens with two attached hydrogens (primary N) is 1. The standard InChI is InChI=1S/C24H23N5O3S.ClH/c25-24(26)20-10-6-16(15-27-20)7-13-23(30)29-21-11-8-18(17-4-2-1-3-5-17)14-19(21)9-12-22(29)28-33(31)32;/h1-6,8,10-11,14-15,22H,7,9,12-13H2,(H3,25,26);1H. The Bertz CT molecular complexity index is 1320. The number of pyridine rings is 1. The number of nitrogens with zero attached hydrogens (tertiary/aromatic N) is 3. The van der Waals surface area contributed by atoms with Crippen LogP contribution in [0.3, 0.4) is 0 Å². The van der Waals surface area contributed by atoms with Crippen molar-refractivity contribution in [2.45, 2.75) is 31.8 Å². The van der Waals surface area contributed by atoms with Crippen molar-refractivity contribution in [3.8, 4) is 11.1 Å². The maximum atomic E-state index is 13.2. The smallest absolute Gasteiger partial charge is 0.313 e. The summed E-state index contributed by atoms with van der Waals surface area (Å²) in [5, 5.41) is 7.42. The average molecular weight is 498 g/mol. The van der Waals surface area contributed by atoms with Crippen LogP contribution in [0.5, 0.6) is 0 Å². The van der Waals surface area contributed by atoms with E-state index in [2.05, 4.69) is 15.4 Å². The summed E-state index contributed by atoms with van der Waals surface area (Å²) < 4.78 is 26.4. The molecular weight excluding hydrogens is 474 g/mol. The number of hydrogen-bond donors (Lipinski definition) is 2. The number of halogens is 1. The first kappa shape index (κ1) is 25.1. The first-order valence-corrected chi connectivity index (χ1v) is 11.6. The summed E-state index contributed by atoms with van der Waals surface area (Å²) in [4.78, 5) is 18.9. The Morgan fingerprint density at radius 1 is 1.12 bits per heavy atom. The molecule has 176 valence electrons. The van der Waals surface area contributed by atoms with E-state index in [1.54, 1.807) is 18.3 Å². The van der Waals surface area contributed by atoms with E-state index in [-0.39, 0.29) is 30.6 Å². The maximum Gasteiger partial charge on any atom is 0.313 e. The van der Waals surface area contributed by atoms with Gasteiger partial charge in [-0.05, 0) is 59.7 Å². The molecule has 2 heterocycles. The molecule has 0 fully saturated rings. The third kappa shape index (κ3) is 5.67. The lowest BCUT2D eigenvalue weighted by atomic mass is 9.94. The normalized spacial score (nSPS) is 14.5. The Morgan fingerprint density at radius 3 is 2.53 bits per heavy atom. The van der Waals surface area contributed by atoms with Gasteiger partial charge >= 0.3 is 10.5 Å². The number of nitrogens with one attached hydrogen (secondary N) is 1. The molecule has 1 aromatic heterocycles. The third-order valence-electron chi connectivity index (χ3n) is 5.62. The second kappa shape index (κ2) is 11.0. The Hall–Kier alpha value is -3.56. The number of fused-ring (bicyclic) bond motifs is 1. The molecule has 0 saturated heterocycles. The average Bonchev–Trinajstić information content (AvgIpc) is 2.82. The molecule has 3 aromatic rings. The fraction of sp³-hybridized carbons (Fsp3) is 0.208. The highest BCUT2D eigenvalue weighted by atomic mass is 35.5. The summed E-state index contributed by atoms with van der Waals surface area (Å²) in [5.74, 6) is -0.328. The zero-order chi connectivity index (χ0) is 23.4. The first-order valence-electron chi connectivity index (χ1n) is 10.5. The van der Waals surface area contributed by atoms with Crippen LogP contribution in [0.25, 0.3) is 11.1 Å². The molecule has 1 aliphatic heterocycles. The van der Waals surface area contributed by atoms with E-state index in [9.17, 15) is 13.2 Å². The minimum Gasteiger partial charge on any atom is -0.382 e. The molecule has 0 aliphatic carbocycles. The number of benzene rings is 2. The Labute approximate surface area is 205 Å². The van der Waals surface area contributed by atoms with E-state index in [1.807, 2.05) is 42.5 Å². The molecule has 0 spiro atoms. The minimum absolute atomic E-state index is 0. The number of anilines is 1. The van der Waals surface area contributed by atoms with Gasteiger partial charge in [0.2, 0.25) is 5.91 Å². The maximum absolute atomic E-state index is 13.2. The van der Waals surface area contributed by atoms with Crippen LogP contribution in [0.15, 0.2) is 71.2 Å². The van der Waals surface area contributed by atoms with Crippen molar-refractivity contribution in [3.63, 3.8) is 0 Å². The third-order valence-corrected chi connectivity index (χ3v) is 6.04. The monoisotopic (exact) mass is 497 g/mol. The van der Waals surface area contributed by atoms with Gasteiger partial charge in [-0.2, -0.15) is 8.42 Å². The van der Waals surface area contributed by atoms with E-state index >= 15 is 0 Å². The molecule has 10 heteroatoms. The molecule has 0 radical (unpaired) electrons. The number of amides is 1. The molecule has 0 saturated carbocycles. The fourth-order valence-electron chi connectivity index (χ4n) is 4.01. The number of carbonyl (C=O) groups excluding carboxylic acids is 1. The summed E-state index contributed by atoms with van der Waals surface area (Å²) >= 11 is 0. The van der Waals surface area contributed by atoms with Crippen molar-refractivity contribution in [2.24, 2.45) is 10.1 Å². The summed E-state index contributed by atoms with van der Waals surface area (Å²) in [6.45, 7) is 0. The Balaban J connectivity index is 0.00000324. The minimum atomic E-state index is -2.62. The van der Waals surface area contributed by atoms with Crippen LogP contribution in [0.2, 0.25) is 0 Å². The Morgan fingerprint density at radius 2 is 1.88 bits per heavy atom. The summed E-state index contributed by atoms with van der Waals surface area (Å²) in [7, 11) is -2.62. The van der Waals surface area contributed by atoms with Gasteiger partial charge in [0, 0.05) is 18.3 Å². The number of amidine groups is 1. The zero-order valence-electron chi connectivity index (χ0n) is 18.2. The molecule has 4 rings (SSSR count). The van der Waals surface area contributed by atoms with Crippen LogP contribution < -0.4 is 10.6 Å². The molecule has 1 amide bonds. The van der Waals surface area contributed by atoms with Crippen LogP contribution in [0, 0.1) is 5.41 Å². The lowest BCUT2D eigenvalue weighted by Crippen LogP contribution is -2.43. The van der Waals surface area contributed by atoms with Gasteiger partial charge in [0.1, 0.15) is 17.7 Å². The lowest BCUT2D eigenvalue weighted by molar-refractivity contribution is -0.119. The quantitative estimate of drug-likeness (QED) is 0.395. The molecule has 0 bridgehead atoms. The van der Waals surface area contributed by atoms with Gasteiger partial charge in [0.25, 0.3) is 0 Å². The lowest BCUT2D eigenvalue weighted by Gasteiger charge is -2.34. The highest BCUT2D eigenvalue weighted by Crippen LogP contribution is 2.35. The van der Waals surface area contributed by atoms with E-state index < -0.39 is 16.7 Å². The van der Waals surface area contributed by atoms with Crippen molar-refractivity contribution in [3.05, 3.63) is 83.7 Å². The second-order valence-electron chi connectivity index (χ2n) is 7.78. The van der Waals surface area contributed by atoms with Crippen LogP contribution in [0.1, 0.15) is 29.7 Å². The van der Waals surface area contributed by atoms with E-state index in [1.165, 1.54) is 4.90 Å². The van der Waals surface area contributed by atoms with E-state index in [4.69, 9.17) is 11.1 Å². The fourth-order valence-corrected chi connectivity index (χ4v) is 4.41. The van der Waals surface area contributed by atoms with Crippen molar-refractivity contribution in [1.29, 1.82) is 5.41 Å². The number of aromatic nitrogens is 1. The zero-order valence-corrected chi connectivity index (χ0v) is 19.8. The molecule has 8 nitrogen and oxygen atoms in total. The topological polar surface area (TPSA) is 130 Å². The van der Waals surface area contributed by atoms with Crippen LogP contribution in [0.4, 0.5) is 5.69 Å². The highest BCUT2D eigenvalue weighted by molar-refractivity contribution is 7.61. The van der Waals surface area contributed by atoms with Gasteiger partial charge in [-0.3, -0.25) is 20.1 Å². The SMILES string of the molecule is Cl.N=C(N)c1ccc(CCC(=O)N2c3ccc(-c4ccccc4)cc3CCC2N=S(=O)=O)cn1. The first-order chi connectivity index (χ1) is 15.9. The number of nitrogen functional groups attached to an aromatic ring is 1. The van der Waals surface area contributed by atoms with Crippen molar-refractivity contribution < 1.29 is 13.2 Å². The Kier molecular flexibility index (Phi) is 8.14. The highest BCUT2D eigenvalue weighted by Gasteiger charge is 2.31. The second-order valence-corrected chi connectivity index (χ2v) is 8.43. The van der Waals surface area contributed by atoms with Gasteiger partial charge in [-0.15, -0.1) is 16.8 Å². The molecule has 1 aliphatic rings. The van der Waals surface area contributed by atoms with Gasteiger partial charge in [-0.1, -0.05) is 42.5 Å². The van der Waals surface area contributed by atoms with Crippen LogP contribution in [-0.2, 0) is 28.1 Å². The largest absolute Gasteiger partial charge is 0.382 e. The summed E-state index contributed by atoms with van der Waals surface area (Å²) in [5.41, 5.74) is 10.4. The molecule has 1 atom stereocenters. The van der Waals surface area contributed by atoms with Gasteiger partial charge in [-0.25, -0.2) is 0 Å². The van der Waals surface area contributed by atoms with Crippen LogP contribution in [-0.4, -0.2) is 31.3 Å². The van der Waals surface area contributed by atoms with Crippen LogP contribution >= 0.6 is 12.4 Å². The van der Waals surface area contributed by atoms with Gasteiger partial charge < -0.3 is 5.73 Å².